The van der Waals surface area contributed by atoms with Crippen molar-refractivity contribution in [1.29, 1.82) is 0 Å². The maximum atomic E-state index is 5.66. The van der Waals surface area contributed by atoms with Crippen molar-refractivity contribution in [2.45, 2.75) is 46.2 Å². The van der Waals surface area contributed by atoms with E-state index in [0.29, 0.717) is 6.04 Å². The van der Waals surface area contributed by atoms with Crippen LogP contribution in [0, 0.1) is 5.92 Å². The Hall–Kier alpha value is -0.870. The molecule has 0 aromatic carbocycles. The summed E-state index contributed by atoms with van der Waals surface area (Å²) in [5.74, 6) is 2.62. The number of rotatable bonds is 6. The number of hydrogen-bond acceptors (Lipinski definition) is 4. The first-order valence-corrected chi connectivity index (χ1v) is 7.06. The van der Waals surface area contributed by atoms with Gasteiger partial charge in [0.2, 0.25) is 5.89 Å². The molecule has 2 rings (SSSR count). The van der Waals surface area contributed by atoms with Crippen LogP contribution >= 0.6 is 0 Å². The third-order valence-corrected chi connectivity index (χ3v) is 3.49. The predicted octanol–water partition coefficient (Wildman–Crippen LogP) is 2.06. The van der Waals surface area contributed by atoms with E-state index in [2.05, 4.69) is 36.0 Å². The summed E-state index contributed by atoms with van der Waals surface area (Å²) in [6.07, 6.45) is 4.05. The third kappa shape index (κ3) is 3.82. The molecule has 4 heteroatoms. The normalized spacial score (nSPS) is 21.0. The van der Waals surface area contributed by atoms with Crippen LogP contribution in [-0.2, 0) is 13.0 Å². The number of hydrogen-bond donors (Lipinski definition) is 1. The lowest BCUT2D eigenvalue weighted by molar-refractivity contribution is 0.274. The van der Waals surface area contributed by atoms with Crippen LogP contribution in [-0.4, -0.2) is 35.6 Å². The van der Waals surface area contributed by atoms with Crippen LogP contribution in [0.3, 0.4) is 0 Å². The van der Waals surface area contributed by atoms with E-state index in [9.17, 15) is 0 Å². The average Bonchev–Trinajstić information content (AvgIpc) is 2.96. The van der Waals surface area contributed by atoms with Crippen molar-refractivity contribution < 1.29 is 4.42 Å². The minimum absolute atomic E-state index is 0.581. The van der Waals surface area contributed by atoms with E-state index in [-0.39, 0.29) is 0 Å². The van der Waals surface area contributed by atoms with Crippen LogP contribution in [0.1, 0.15) is 38.8 Å². The van der Waals surface area contributed by atoms with Gasteiger partial charge in [-0.25, -0.2) is 4.98 Å². The van der Waals surface area contributed by atoms with Crippen molar-refractivity contribution in [2.75, 3.05) is 19.6 Å². The van der Waals surface area contributed by atoms with Crippen molar-refractivity contribution >= 4 is 0 Å². The molecule has 18 heavy (non-hydrogen) atoms. The molecule has 1 aromatic heterocycles. The fourth-order valence-corrected chi connectivity index (χ4v) is 2.40. The molecule has 0 aliphatic carbocycles. The number of aromatic nitrogens is 1. The molecule has 102 valence electrons. The van der Waals surface area contributed by atoms with E-state index in [4.69, 9.17) is 4.42 Å². The smallest absolute Gasteiger partial charge is 0.208 e. The lowest BCUT2D eigenvalue weighted by Crippen LogP contribution is -2.30. The summed E-state index contributed by atoms with van der Waals surface area (Å²) < 4.78 is 5.66. The molecule has 0 amide bonds. The molecule has 1 unspecified atom stereocenters. The largest absolute Gasteiger partial charge is 0.444 e. The number of likely N-dealkylation sites (tertiary alicyclic amines) is 1. The van der Waals surface area contributed by atoms with E-state index < -0.39 is 0 Å². The summed E-state index contributed by atoms with van der Waals surface area (Å²) in [4.78, 5) is 6.77. The Bertz CT molecular complexity index is 362. The number of aryl methyl sites for hydroxylation is 1. The highest BCUT2D eigenvalue weighted by atomic mass is 16.4. The summed E-state index contributed by atoms with van der Waals surface area (Å²) in [5, 5.41) is 3.52. The summed E-state index contributed by atoms with van der Waals surface area (Å²) in [5.41, 5.74) is 0. The maximum absolute atomic E-state index is 5.66. The minimum Gasteiger partial charge on any atom is -0.444 e. The van der Waals surface area contributed by atoms with Gasteiger partial charge in [0.05, 0.1) is 12.7 Å². The molecule has 4 nitrogen and oxygen atoms in total. The highest BCUT2D eigenvalue weighted by molar-refractivity contribution is 4.94. The highest BCUT2D eigenvalue weighted by Gasteiger charge is 2.23. The molecule has 1 fully saturated rings. The molecule has 1 aromatic rings. The Morgan fingerprint density at radius 2 is 2.39 bits per heavy atom. The first-order chi connectivity index (χ1) is 8.67. The second-order valence-electron chi connectivity index (χ2n) is 5.53. The Morgan fingerprint density at radius 1 is 1.56 bits per heavy atom. The van der Waals surface area contributed by atoms with Crippen LogP contribution in [0.2, 0.25) is 0 Å². The molecule has 0 saturated carbocycles. The SMILES string of the molecule is CCc1cnc(CN2CCC(CNC(C)C)C2)o1. The van der Waals surface area contributed by atoms with E-state index >= 15 is 0 Å². The molecule has 0 spiro atoms. The lowest BCUT2D eigenvalue weighted by Gasteiger charge is -2.15. The van der Waals surface area contributed by atoms with Crippen LogP contribution in [0.4, 0.5) is 0 Å². The van der Waals surface area contributed by atoms with E-state index in [1.165, 1.54) is 6.42 Å². The van der Waals surface area contributed by atoms with Crippen LogP contribution in [0.15, 0.2) is 10.6 Å². The quantitative estimate of drug-likeness (QED) is 0.840. The van der Waals surface area contributed by atoms with Crippen molar-refractivity contribution in [1.82, 2.24) is 15.2 Å². The number of nitrogens with zero attached hydrogens (tertiary/aromatic N) is 2. The van der Waals surface area contributed by atoms with E-state index in [1.807, 2.05) is 6.20 Å². The minimum atomic E-state index is 0.581. The lowest BCUT2D eigenvalue weighted by atomic mass is 10.1. The van der Waals surface area contributed by atoms with Crippen LogP contribution in [0.25, 0.3) is 0 Å². The van der Waals surface area contributed by atoms with Gasteiger partial charge in [0.1, 0.15) is 5.76 Å². The molecule has 1 aliphatic heterocycles. The molecule has 1 aliphatic rings. The topological polar surface area (TPSA) is 41.3 Å². The summed E-state index contributed by atoms with van der Waals surface area (Å²) >= 11 is 0. The average molecular weight is 251 g/mol. The van der Waals surface area contributed by atoms with Crippen molar-refractivity contribution in [3.05, 3.63) is 17.8 Å². The Labute approximate surface area is 110 Å². The molecule has 0 radical (unpaired) electrons. The molecular weight excluding hydrogens is 226 g/mol. The third-order valence-electron chi connectivity index (χ3n) is 3.49. The van der Waals surface area contributed by atoms with Gasteiger partial charge in [0.15, 0.2) is 0 Å². The molecule has 2 heterocycles. The summed E-state index contributed by atoms with van der Waals surface area (Å²) in [7, 11) is 0. The van der Waals surface area contributed by atoms with Crippen LogP contribution in [0.5, 0.6) is 0 Å². The van der Waals surface area contributed by atoms with Gasteiger partial charge >= 0.3 is 0 Å². The van der Waals surface area contributed by atoms with Crippen LogP contribution < -0.4 is 5.32 Å². The van der Waals surface area contributed by atoms with Gasteiger partial charge in [-0.3, -0.25) is 4.90 Å². The van der Waals surface area contributed by atoms with Crippen molar-refractivity contribution in [3.63, 3.8) is 0 Å². The monoisotopic (exact) mass is 251 g/mol. The Morgan fingerprint density at radius 3 is 3.06 bits per heavy atom. The van der Waals surface area contributed by atoms with Gasteiger partial charge in [-0.1, -0.05) is 20.8 Å². The molecule has 0 bridgehead atoms. The van der Waals surface area contributed by atoms with E-state index in [1.54, 1.807) is 0 Å². The van der Waals surface area contributed by atoms with Gasteiger partial charge in [0, 0.05) is 19.0 Å². The Balaban J connectivity index is 1.75. The molecule has 1 saturated heterocycles. The van der Waals surface area contributed by atoms with Gasteiger partial charge < -0.3 is 9.73 Å². The first kappa shape index (κ1) is 13.6. The summed E-state index contributed by atoms with van der Waals surface area (Å²) in [6.45, 7) is 10.8. The number of oxazole rings is 1. The molecule has 1 atom stereocenters. The van der Waals surface area contributed by atoms with Gasteiger partial charge in [0.25, 0.3) is 0 Å². The fraction of sp³-hybridized carbons (Fsp3) is 0.786. The van der Waals surface area contributed by atoms with Crippen molar-refractivity contribution in [2.24, 2.45) is 5.92 Å². The second kappa shape index (κ2) is 6.34. The van der Waals surface area contributed by atoms with Gasteiger partial charge in [-0.15, -0.1) is 0 Å². The maximum Gasteiger partial charge on any atom is 0.208 e. The zero-order chi connectivity index (χ0) is 13.0. The summed E-state index contributed by atoms with van der Waals surface area (Å²) in [6, 6.07) is 0.581. The first-order valence-electron chi connectivity index (χ1n) is 7.06. The Kier molecular flexibility index (Phi) is 4.78. The van der Waals surface area contributed by atoms with Crippen molar-refractivity contribution in [3.8, 4) is 0 Å². The second-order valence-corrected chi connectivity index (χ2v) is 5.53. The van der Waals surface area contributed by atoms with E-state index in [0.717, 1.165) is 50.2 Å². The zero-order valence-electron chi connectivity index (χ0n) is 11.8. The molecule has 1 N–H and O–H groups in total. The zero-order valence-corrected chi connectivity index (χ0v) is 11.8. The highest BCUT2D eigenvalue weighted by Crippen LogP contribution is 2.18. The predicted molar refractivity (Wildman–Crippen MR) is 72.4 cm³/mol. The number of nitrogens with one attached hydrogen (secondary N) is 1. The molecular formula is C14H25N3O. The standard InChI is InChI=1S/C14H25N3O/c1-4-13-8-16-14(18-13)10-17-6-5-12(9-17)7-15-11(2)3/h8,11-12,15H,4-7,9-10H2,1-3H3. The fourth-order valence-electron chi connectivity index (χ4n) is 2.40. The van der Waals surface area contributed by atoms with Gasteiger partial charge in [-0.2, -0.15) is 0 Å². The van der Waals surface area contributed by atoms with Gasteiger partial charge in [-0.05, 0) is 25.4 Å².